The summed E-state index contributed by atoms with van der Waals surface area (Å²) in [5.74, 6) is -2.88. The van der Waals surface area contributed by atoms with Crippen LogP contribution in [0.4, 0.5) is 8.78 Å². The highest BCUT2D eigenvalue weighted by molar-refractivity contribution is 6.13. The van der Waals surface area contributed by atoms with Gasteiger partial charge >= 0.3 is 0 Å². The maximum atomic E-state index is 17.9. The number of hydrogen-bond acceptors (Lipinski definition) is 15. The van der Waals surface area contributed by atoms with Gasteiger partial charge in [0.1, 0.15) is 24.3 Å². The SMILES string of the molecule is C=C1C=C[C@@]2(C)C(=C1)[C@@H](F)C[C@H]1[C@@H]3C[C@H]4O[C@@H](c5ccc(Cc6cccc(CC(=O)CCOCCOCCOCCOCCOCCOCCCC(=O)CCN7C(=O)C=CC7=O)c6)cc5)O[C@@]4(C(=O)CO)[C@@]3(C)C[C@H](O)[C@@]12F. The third kappa shape index (κ3) is 12.8. The molecule has 0 aromatic heterocycles. The average molecular weight is 1090 g/mol. The Labute approximate surface area is 455 Å². The molecule has 10 atom stereocenters. The number of aliphatic hydroxyl groups is 2. The Balaban J connectivity index is 0.663. The number of fused-ring (bicyclic) bond motifs is 7. The molecule has 18 heteroatoms. The van der Waals surface area contributed by atoms with Crippen LogP contribution in [0.2, 0.25) is 0 Å². The Morgan fingerprint density at radius 1 is 0.744 bits per heavy atom. The van der Waals surface area contributed by atoms with Gasteiger partial charge in [-0.3, -0.25) is 28.9 Å². The van der Waals surface area contributed by atoms with Crippen molar-refractivity contribution in [2.75, 3.05) is 92.4 Å². The van der Waals surface area contributed by atoms with Gasteiger partial charge in [0, 0.05) is 73.3 Å². The summed E-state index contributed by atoms with van der Waals surface area (Å²) in [6, 6.07) is 15.5. The molecule has 1 saturated heterocycles. The summed E-state index contributed by atoms with van der Waals surface area (Å²) in [5, 5.41) is 22.2. The number of ether oxygens (including phenoxy) is 8. The molecule has 0 unspecified atom stereocenters. The summed E-state index contributed by atoms with van der Waals surface area (Å²) >= 11 is 0. The Hall–Kier alpha value is -4.99. The molecule has 0 radical (unpaired) electrons. The summed E-state index contributed by atoms with van der Waals surface area (Å²) in [7, 11) is 0. The smallest absolute Gasteiger partial charge is 0.253 e. The van der Waals surface area contributed by atoms with Gasteiger partial charge in [-0.05, 0) is 72.8 Å². The second-order valence-corrected chi connectivity index (χ2v) is 21.6. The van der Waals surface area contributed by atoms with E-state index in [1.807, 2.05) is 48.5 Å². The zero-order valence-electron chi connectivity index (χ0n) is 44.8. The van der Waals surface area contributed by atoms with Crippen molar-refractivity contribution in [3.63, 3.8) is 0 Å². The quantitative estimate of drug-likeness (QED) is 0.0622. The van der Waals surface area contributed by atoms with Crippen molar-refractivity contribution in [2.24, 2.45) is 22.7 Å². The van der Waals surface area contributed by atoms with Crippen molar-refractivity contribution in [1.29, 1.82) is 0 Å². The number of ketones is 3. The van der Waals surface area contributed by atoms with Crippen LogP contribution in [0, 0.1) is 22.7 Å². The number of alkyl halides is 2. The minimum Gasteiger partial charge on any atom is -0.390 e. The molecule has 78 heavy (non-hydrogen) atoms. The van der Waals surface area contributed by atoms with Crippen molar-refractivity contribution < 1.29 is 80.9 Å². The fraction of sp³-hybridized carbons (Fsp3) is 0.583. The van der Waals surface area contributed by atoms with E-state index in [1.165, 1.54) is 12.2 Å². The van der Waals surface area contributed by atoms with E-state index >= 15 is 8.78 Å². The lowest BCUT2D eigenvalue weighted by Gasteiger charge is -2.63. The number of carbonyl (C=O) groups is 5. The number of halogens is 2. The van der Waals surface area contributed by atoms with Gasteiger partial charge in [-0.25, -0.2) is 8.78 Å². The Kier molecular flexibility index (Phi) is 20.1. The molecule has 2 heterocycles. The van der Waals surface area contributed by atoms with E-state index < -0.39 is 71.0 Å². The first-order valence-corrected chi connectivity index (χ1v) is 27.3. The Morgan fingerprint density at radius 2 is 1.35 bits per heavy atom. The summed E-state index contributed by atoms with van der Waals surface area (Å²) in [4.78, 5) is 63.0. The number of carbonyl (C=O) groups excluding carboxylic acids is 5. The molecule has 8 rings (SSSR count). The standard InChI is InChI=1S/C60H75F2NO15/c1-40-15-18-57(2)49(32-40)50(61)36-48-47-37-53-60(52(68)39-64,58(47,3)38-51(67)59(48,57)62)78-56(77-53)44-11-9-41(10-12-44)33-42-6-4-7-43(34-42)35-46(66)17-21-72-23-25-74-27-29-76-31-30-75-28-26-73-24-22-71-20-5-8-45(65)16-19-63-54(69)13-14-55(63)70/h4,6-7,9-15,18,32,34,47-48,50-51,53,56,64,67H,1,5,8,16-17,19-31,33,35-39H2,2-3H3/t47-,48-,50-,51-,53+,56+,57-,58-,59-,60+/m0/s1. The number of Topliss-reactive ketones (excluding diaryl/α,β-unsaturated/α-hetero) is 3. The molecule has 2 aliphatic heterocycles. The molecule has 4 aliphatic carbocycles. The molecular weight excluding hydrogens is 1010 g/mol. The van der Waals surface area contributed by atoms with Crippen molar-refractivity contribution >= 4 is 29.2 Å². The highest BCUT2D eigenvalue weighted by Crippen LogP contribution is 2.72. The maximum absolute atomic E-state index is 17.9. The number of imide groups is 1. The summed E-state index contributed by atoms with van der Waals surface area (Å²) in [5.41, 5.74) is -2.12. The first-order chi connectivity index (χ1) is 37.5. The van der Waals surface area contributed by atoms with E-state index in [4.69, 9.17) is 37.9 Å². The number of nitrogens with zero attached hydrogens (tertiary/aromatic N) is 1. The minimum atomic E-state index is -2.22. The van der Waals surface area contributed by atoms with E-state index in [0.717, 1.165) is 21.6 Å². The highest BCUT2D eigenvalue weighted by atomic mass is 19.1. The zero-order valence-corrected chi connectivity index (χ0v) is 44.8. The van der Waals surface area contributed by atoms with Crippen LogP contribution in [0.5, 0.6) is 0 Å². The van der Waals surface area contributed by atoms with Crippen LogP contribution >= 0.6 is 0 Å². The van der Waals surface area contributed by atoms with E-state index in [0.29, 0.717) is 103 Å². The third-order valence-electron chi connectivity index (χ3n) is 16.7. The fourth-order valence-electron chi connectivity index (χ4n) is 12.8. The molecule has 2 amide bonds. The Morgan fingerprint density at radius 3 is 1.97 bits per heavy atom. The van der Waals surface area contributed by atoms with E-state index in [9.17, 15) is 34.2 Å². The highest BCUT2D eigenvalue weighted by Gasteiger charge is 2.80. The Bertz CT molecular complexity index is 2550. The van der Waals surface area contributed by atoms with Crippen LogP contribution in [0.3, 0.4) is 0 Å². The molecule has 424 valence electrons. The number of amides is 2. The molecule has 0 bridgehead atoms. The molecular formula is C60H75F2NO15. The summed E-state index contributed by atoms with van der Waals surface area (Å²) in [6.07, 6.45) is 4.46. The van der Waals surface area contributed by atoms with Crippen LogP contribution < -0.4 is 0 Å². The van der Waals surface area contributed by atoms with Crippen molar-refractivity contribution in [2.45, 2.75) is 108 Å². The predicted octanol–water partition coefficient (Wildman–Crippen LogP) is 6.17. The van der Waals surface area contributed by atoms with E-state index in [2.05, 4.69) is 6.58 Å². The van der Waals surface area contributed by atoms with Gasteiger partial charge in [0.25, 0.3) is 11.8 Å². The van der Waals surface area contributed by atoms with Gasteiger partial charge < -0.3 is 48.1 Å². The number of aliphatic hydroxyl groups excluding tert-OH is 2. The van der Waals surface area contributed by atoms with Crippen LogP contribution in [0.25, 0.3) is 0 Å². The van der Waals surface area contributed by atoms with Crippen LogP contribution in [-0.4, -0.2) is 166 Å². The van der Waals surface area contributed by atoms with Gasteiger partial charge in [-0.2, -0.15) is 0 Å². The summed E-state index contributed by atoms with van der Waals surface area (Å²) < 4.78 is 80.4. The van der Waals surface area contributed by atoms with Gasteiger partial charge in [-0.15, -0.1) is 0 Å². The van der Waals surface area contributed by atoms with Gasteiger partial charge in [0.2, 0.25) is 0 Å². The van der Waals surface area contributed by atoms with Crippen molar-refractivity contribution in [3.8, 4) is 0 Å². The molecule has 2 aromatic rings. The van der Waals surface area contributed by atoms with Gasteiger partial charge in [-0.1, -0.05) is 80.3 Å². The second kappa shape index (κ2) is 26.5. The number of hydrogen-bond donors (Lipinski definition) is 2. The van der Waals surface area contributed by atoms with E-state index in [-0.39, 0.29) is 80.6 Å². The lowest BCUT2D eigenvalue weighted by Crippen LogP contribution is -2.70. The predicted molar refractivity (Wildman–Crippen MR) is 280 cm³/mol. The second-order valence-electron chi connectivity index (χ2n) is 21.6. The molecule has 0 spiro atoms. The number of rotatable bonds is 32. The molecule has 3 saturated carbocycles. The molecule has 2 aromatic carbocycles. The fourth-order valence-corrected chi connectivity index (χ4v) is 12.8. The van der Waals surface area contributed by atoms with Crippen molar-refractivity contribution in [3.05, 3.63) is 119 Å². The number of benzene rings is 2. The number of allylic oxidation sites excluding steroid dienone is 5. The first-order valence-electron chi connectivity index (χ1n) is 27.3. The first kappa shape index (κ1) is 59.1. The van der Waals surface area contributed by atoms with E-state index in [1.54, 1.807) is 32.1 Å². The molecule has 6 aliphatic rings. The van der Waals surface area contributed by atoms with Gasteiger partial charge in [0.05, 0.1) is 84.9 Å². The molecule has 16 nitrogen and oxygen atoms in total. The third-order valence-corrected chi connectivity index (χ3v) is 16.7. The van der Waals surface area contributed by atoms with Crippen molar-refractivity contribution in [1.82, 2.24) is 4.90 Å². The normalized spacial score (nSPS) is 29.8. The van der Waals surface area contributed by atoms with Gasteiger partial charge in [0.15, 0.2) is 23.3 Å². The largest absolute Gasteiger partial charge is 0.390 e. The lowest BCUT2D eigenvalue weighted by molar-refractivity contribution is -0.235. The molecule has 2 N–H and O–H groups in total. The van der Waals surface area contributed by atoms with Crippen LogP contribution in [-0.2, 0) is 74.7 Å². The average Bonchev–Trinajstić information content (AvgIpc) is 4.07. The monoisotopic (exact) mass is 1090 g/mol. The maximum Gasteiger partial charge on any atom is 0.253 e. The lowest BCUT2D eigenvalue weighted by atomic mass is 9.44. The summed E-state index contributed by atoms with van der Waals surface area (Å²) in [6.45, 7) is 11.3. The topological polar surface area (TPSA) is 203 Å². The minimum absolute atomic E-state index is 0.0232. The molecule has 4 fully saturated rings. The van der Waals surface area contributed by atoms with Crippen LogP contribution in [0.15, 0.2) is 96.6 Å². The van der Waals surface area contributed by atoms with Crippen LogP contribution in [0.1, 0.15) is 87.3 Å². The zero-order chi connectivity index (χ0) is 55.5.